The van der Waals surface area contributed by atoms with Gasteiger partial charge in [-0.05, 0) is 71.9 Å². The fourth-order valence-electron chi connectivity index (χ4n) is 3.66. The van der Waals surface area contributed by atoms with Crippen LogP contribution < -0.4 is 10.1 Å². The van der Waals surface area contributed by atoms with Gasteiger partial charge in [-0.25, -0.2) is 0 Å². The summed E-state index contributed by atoms with van der Waals surface area (Å²) in [6.07, 6.45) is 4.25. The molecule has 0 fully saturated rings. The number of aryl methyl sites for hydroxylation is 1. The largest absolute Gasteiger partial charge is 0.493 e. The lowest BCUT2D eigenvalue weighted by Gasteiger charge is -2.21. The van der Waals surface area contributed by atoms with Crippen molar-refractivity contribution in [2.45, 2.75) is 25.7 Å². The van der Waals surface area contributed by atoms with Crippen molar-refractivity contribution in [2.24, 2.45) is 5.92 Å². The first-order chi connectivity index (χ1) is 15.5. The van der Waals surface area contributed by atoms with Crippen LogP contribution in [0.1, 0.15) is 29.5 Å². The molecule has 0 aromatic heterocycles. The minimum absolute atomic E-state index is 0.0154. The van der Waals surface area contributed by atoms with E-state index in [1.165, 1.54) is 13.3 Å². The topological polar surface area (TPSA) is 71.4 Å². The van der Waals surface area contributed by atoms with E-state index in [0.29, 0.717) is 31.1 Å². The van der Waals surface area contributed by atoms with Gasteiger partial charge in [0, 0.05) is 35.3 Å². The van der Waals surface area contributed by atoms with E-state index in [2.05, 4.69) is 10.1 Å². The normalized spacial score (nSPS) is 14.0. The molecule has 2 aromatic rings. The number of carbonyl (C=O) groups excluding carboxylic acids is 1. The summed E-state index contributed by atoms with van der Waals surface area (Å²) in [6, 6.07) is 13.7. The quantitative estimate of drug-likeness (QED) is 0.264. The van der Waals surface area contributed by atoms with Gasteiger partial charge >= 0.3 is 5.97 Å². The molecule has 1 aliphatic carbocycles. The van der Waals surface area contributed by atoms with E-state index < -0.39 is 0 Å². The van der Waals surface area contributed by atoms with Crippen molar-refractivity contribution >= 4 is 40.4 Å². The molecule has 0 heterocycles. The number of methoxy groups -OCH3 is 1. The van der Waals surface area contributed by atoms with E-state index in [-0.39, 0.29) is 11.9 Å². The van der Waals surface area contributed by atoms with Crippen molar-refractivity contribution in [3.05, 3.63) is 69.8 Å². The molecular weight excluding hydrogens is 447 g/mol. The maximum absolute atomic E-state index is 11.2. The number of esters is 1. The molecule has 1 atom stereocenters. The van der Waals surface area contributed by atoms with Crippen LogP contribution in [-0.2, 0) is 22.4 Å². The first-order valence-electron chi connectivity index (χ1n) is 10.7. The van der Waals surface area contributed by atoms with Crippen LogP contribution in [-0.4, -0.2) is 39.0 Å². The molecule has 2 aromatic carbocycles. The smallest absolute Gasteiger partial charge is 0.306 e. The number of fused-ring (bicyclic) bond motifs is 1. The second-order valence-corrected chi connectivity index (χ2v) is 8.62. The van der Waals surface area contributed by atoms with Gasteiger partial charge in [0.25, 0.3) is 0 Å². The second-order valence-electron chi connectivity index (χ2n) is 7.81. The zero-order valence-electron chi connectivity index (χ0n) is 18.1. The highest BCUT2D eigenvalue weighted by molar-refractivity contribution is 6.49. The molecule has 0 aliphatic heterocycles. The van der Waals surface area contributed by atoms with Gasteiger partial charge < -0.3 is 20.2 Å². The number of benzene rings is 2. The minimum atomic E-state index is -0.225. The lowest BCUT2D eigenvalue weighted by atomic mass is 9.91. The Morgan fingerprint density at radius 1 is 1.19 bits per heavy atom. The minimum Gasteiger partial charge on any atom is -0.493 e. The molecule has 0 unspecified atom stereocenters. The van der Waals surface area contributed by atoms with Gasteiger partial charge in [-0.3, -0.25) is 4.79 Å². The summed E-state index contributed by atoms with van der Waals surface area (Å²) in [4.78, 5) is 11.2. The summed E-state index contributed by atoms with van der Waals surface area (Å²) in [6.45, 7) is 1.65. The van der Waals surface area contributed by atoms with Crippen molar-refractivity contribution < 1.29 is 14.3 Å². The molecule has 32 heavy (non-hydrogen) atoms. The molecule has 0 spiro atoms. The van der Waals surface area contributed by atoms with Crippen LogP contribution in [0.15, 0.2) is 48.0 Å². The first kappa shape index (κ1) is 24.3. The van der Waals surface area contributed by atoms with E-state index >= 15 is 0 Å². The van der Waals surface area contributed by atoms with Crippen LogP contribution >= 0.6 is 23.2 Å². The van der Waals surface area contributed by atoms with E-state index in [1.807, 2.05) is 42.5 Å². The van der Waals surface area contributed by atoms with Gasteiger partial charge in [0.15, 0.2) is 0 Å². The summed E-state index contributed by atoms with van der Waals surface area (Å²) in [7, 11) is 1.39. The number of nitrogens with one attached hydrogen (secondary N) is 2. The Labute approximate surface area is 199 Å². The number of halogens is 2. The molecule has 3 rings (SSSR count). The Kier molecular flexibility index (Phi) is 9.15. The second kappa shape index (κ2) is 12.0. The van der Waals surface area contributed by atoms with Crippen LogP contribution in [0.25, 0.3) is 5.03 Å². The fraction of sp³-hybridized carbons (Fsp3) is 0.360. The van der Waals surface area contributed by atoms with Gasteiger partial charge in [0.2, 0.25) is 0 Å². The molecule has 0 saturated carbocycles. The first-order valence-corrected chi connectivity index (χ1v) is 11.4. The van der Waals surface area contributed by atoms with Crippen molar-refractivity contribution in [2.75, 3.05) is 26.8 Å². The van der Waals surface area contributed by atoms with Gasteiger partial charge in [0.05, 0.1) is 20.1 Å². The average molecular weight is 475 g/mol. The highest BCUT2D eigenvalue weighted by Gasteiger charge is 2.18. The Morgan fingerprint density at radius 2 is 1.97 bits per heavy atom. The predicted octanol–water partition coefficient (Wildman–Crippen LogP) is 5.28. The average Bonchev–Trinajstić information content (AvgIpc) is 2.81. The summed E-state index contributed by atoms with van der Waals surface area (Å²) in [5.41, 5.74) is 4.46. The summed E-state index contributed by atoms with van der Waals surface area (Å²) >= 11 is 12.6. The van der Waals surface area contributed by atoms with Crippen LogP contribution in [0.2, 0.25) is 5.02 Å². The fourth-order valence-corrected chi connectivity index (χ4v) is 4.13. The van der Waals surface area contributed by atoms with E-state index in [1.54, 1.807) is 0 Å². The summed E-state index contributed by atoms with van der Waals surface area (Å²) < 4.78 is 10.7. The van der Waals surface area contributed by atoms with Gasteiger partial charge in [0.1, 0.15) is 5.75 Å². The van der Waals surface area contributed by atoms with E-state index in [9.17, 15) is 4.79 Å². The Bertz CT molecular complexity index is 974. The van der Waals surface area contributed by atoms with Crippen molar-refractivity contribution in [1.29, 1.82) is 5.41 Å². The molecule has 2 N–H and O–H groups in total. The molecule has 0 saturated heterocycles. The van der Waals surface area contributed by atoms with Crippen molar-refractivity contribution in [1.82, 2.24) is 5.32 Å². The summed E-state index contributed by atoms with van der Waals surface area (Å²) in [5.74, 6) is 0.548. The molecular formula is C25H28Cl2N2O3. The van der Waals surface area contributed by atoms with Gasteiger partial charge in [-0.15, -0.1) is 0 Å². The summed E-state index contributed by atoms with van der Waals surface area (Å²) in [5, 5.41) is 12.5. The molecule has 0 radical (unpaired) electrons. The number of carbonyl (C=O) groups is 1. The van der Waals surface area contributed by atoms with Gasteiger partial charge in [-0.1, -0.05) is 35.3 Å². The van der Waals surface area contributed by atoms with E-state index in [0.717, 1.165) is 52.3 Å². The number of rotatable bonds is 11. The molecule has 1 aliphatic rings. The highest BCUT2D eigenvalue weighted by Crippen LogP contribution is 2.35. The third-order valence-electron chi connectivity index (χ3n) is 5.50. The monoisotopic (exact) mass is 474 g/mol. The maximum Gasteiger partial charge on any atom is 0.306 e. The predicted molar refractivity (Wildman–Crippen MR) is 130 cm³/mol. The number of ether oxygens (including phenoxy) is 2. The van der Waals surface area contributed by atoms with Crippen LogP contribution in [0.4, 0.5) is 0 Å². The third-order valence-corrected chi connectivity index (χ3v) is 6.23. The lowest BCUT2D eigenvalue weighted by Crippen LogP contribution is -2.23. The lowest BCUT2D eigenvalue weighted by molar-refractivity contribution is -0.140. The zero-order chi connectivity index (χ0) is 22.9. The molecule has 170 valence electrons. The van der Waals surface area contributed by atoms with Crippen LogP contribution in [0.3, 0.4) is 0 Å². The third kappa shape index (κ3) is 6.83. The zero-order valence-corrected chi connectivity index (χ0v) is 19.6. The number of hydrogen-bond donors (Lipinski definition) is 2. The van der Waals surface area contributed by atoms with Crippen LogP contribution in [0, 0.1) is 11.3 Å². The van der Waals surface area contributed by atoms with E-state index in [4.69, 9.17) is 33.3 Å². The molecule has 5 nitrogen and oxygen atoms in total. The molecule has 0 amide bonds. The Hall–Kier alpha value is -2.34. The van der Waals surface area contributed by atoms with Gasteiger partial charge in [-0.2, -0.15) is 0 Å². The highest BCUT2D eigenvalue weighted by atomic mass is 35.5. The molecule has 7 heteroatoms. The maximum atomic E-state index is 11.2. The van der Waals surface area contributed by atoms with Crippen molar-refractivity contribution in [3.63, 3.8) is 0 Å². The SMILES string of the molecule is COC(=O)CCNCC1=C(Cl)c2ccc(OC[C@@H](C=N)Cc3ccc(Cl)cc3)cc2CC1. The number of hydrogen-bond acceptors (Lipinski definition) is 5. The standard InChI is InChI=1S/C25H28Cl2N2O3/c1-31-24(30)10-11-29-15-20-5-4-19-13-22(8-9-23(19)25(20)27)32-16-18(14-28)12-17-2-6-21(26)7-3-17/h2-3,6-9,13-14,18,28-29H,4-5,10-12,15-16H2,1H3/t18-/m1/s1. The van der Waals surface area contributed by atoms with Crippen molar-refractivity contribution in [3.8, 4) is 5.75 Å². The Morgan fingerprint density at radius 3 is 2.69 bits per heavy atom. The van der Waals surface area contributed by atoms with Crippen LogP contribution in [0.5, 0.6) is 5.75 Å². The molecule has 0 bridgehead atoms. The Balaban J connectivity index is 1.56.